The first-order chi connectivity index (χ1) is 8.10. The van der Waals surface area contributed by atoms with Gasteiger partial charge in [0.2, 0.25) is 5.91 Å². The Labute approximate surface area is 105 Å². The van der Waals surface area contributed by atoms with E-state index >= 15 is 0 Å². The second kappa shape index (κ2) is 6.97. The van der Waals surface area contributed by atoms with Gasteiger partial charge in [-0.05, 0) is 38.6 Å². The number of amides is 1. The van der Waals surface area contributed by atoms with E-state index in [2.05, 4.69) is 31.0 Å². The Morgan fingerprint density at radius 1 is 1.47 bits per heavy atom. The summed E-state index contributed by atoms with van der Waals surface area (Å²) in [7, 11) is 0. The van der Waals surface area contributed by atoms with E-state index in [4.69, 9.17) is 5.73 Å². The van der Waals surface area contributed by atoms with Gasteiger partial charge in [0.15, 0.2) is 0 Å². The molecular formula is C13H27N3O. The Kier molecular flexibility index (Phi) is 5.92. The van der Waals surface area contributed by atoms with Gasteiger partial charge >= 0.3 is 0 Å². The lowest BCUT2D eigenvalue weighted by molar-refractivity contribution is -0.123. The third kappa shape index (κ3) is 4.28. The molecule has 1 heterocycles. The standard InChI is InChI=1S/C13H27N3O/c1-4-12(5-2)15-13(17)9-16-8-11(7-14)6-10(16)3/h10-12H,4-9,14H2,1-3H3,(H,15,17). The molecule has 17 heavy (non-hydrogen) atoms. The van der Waals surface area contributed by atoms with Gasteiger partial charge in [-0.1, -0.05) is 13.8 Å². The van der Waals surface area contributed by atoms with Crippen LogP contribution in [0.15, 0.2) is 0 Å². The highest BCUT2D eigenvalue weighted by Crippen LogP contribution is 2.21. The van der Waals surface area contributed by atoms with Crippen molar-refractivity contribution in [1.82, 2.24) is 10.2 Å². The van der Waals surface area contributed by atoms with Crippen LogP contribution in [0.2, 0.25) is 0 Å². The molecule has 4 heteroatoms. The third-order valence-electron chi connectivity index (χ3n) is 3.82. The van der Waals surface area contributed by atoms with Crippen LogP contribution in [-0.2, 0) is 4.79 Å². The molecule has 4 nitrogen and oxygen atoms in total. The molecule has 0 bridgehead atoms. The van der Waals surface area contributed by atoms with Crippen LogP contribution in [0.3, 0.4) is 0 Å². The van der Waals surface area contributed by atoms with Crippen LogP contribution in [-0.4, -0.2) is 42.5 Å². The fraction of sp³-hybridized carbons (Fsp3) is 0.923. The summed E-state index contributed by atoms with van der Waals surface area (Å²) in [5, 5.41) is 3.08. The van der Waals surface area contributed by atoms with Crippen LogP contribution in [0.4, 0.5) is 0 Å². The molecule has 0 spiro atoms. The SMILES string of the molecule is CCC(CC)NC(=O)CN1CC(CN)CC1C. The number of hydrogen-bond acceptors (Lipinski definition) is 3. The molecular weight excluding hydrogens is 214 g/mol. The summed E-state index contributed by atoms with van der Waals surface area (Å²) in [5.74, 6) is 0.717. The Bertz CT molecular complexity index is 241. The number of carbonyl (C=O) groups excluding carboxylic acids is 1. The highest BCUT2D eigenvalue weighted by molar-refractivity contribution is 5.78. The first kappa shape index (κ1) is 14.5. The van der Waals surface area contributed by atoms with E-state index in [0.29, 0.717) is 24.5 Å². The minimum absolute atomic E-state index is 0.156. The zero-order chi connectivity index (χ0) is 12.8. The molecule has 0 radical (unpaired) electrons. The molecule has 1 aliphatic heterocycles. The normalized spacial score (nSPS) is 25.5. The van der Waals surface area contributed by atoms with Gasteiger partial charge in [-0.2, -0.15) is 0 Å². The summed E-state index contributed by atoms with van der Waals surface area (Å²) < 4.78 is 0. The van der Waals surface area contributed by atoms with Gasteiger partial charge in [-0.15, -0.1) is 0 Å². The molecule has 1 fully saturated rings. The van der Waals surface area contributed by atoms with E-state index in [1.807, 2.05) is 0 Å². The average molecular weight is 241 g/mol. The molecule has 1 rings (SSSR count). The lowest BCUT2D eigenvalue weighted by Gasteiger charge is -2.22. The fourth-order valence-electron chi connectivity index (χ4n) is 2.56. The maximum absolute atomic E-state index is 11.9. The van der Waals surface area contributed by atoms with Gasteiger partial charge in [0.05, 0.1) is 6.54 Å². The van der Waals surface area contributed by atoms with Crippen molar-refractivity contribution in [3.63, 3.8) is 0 Å². The minimum Gasteiger partial charge on any atom is -0.352 e. The molecule has 0 aromatic heterocycles. The van der Waals surface area contributed by atoms with Gasteiger partial charge in [-0.25, -0.2) is 0 Å². The number of carbonyl (C=O) groups is 1. The fourth-order valence-corrected chi connectivity index (χ4v) is 2.56. The number of nitrogens with two attached hydrogens (primary N) is 1. The Balaban J connectivity index is 2.36. The quantitative estimate of drug-likeness (QED) is 0.728. The summed E-state index contributed by atoms with van der Waals surface area (Å²) in [6.45, 7) is 8.62. The summed E-state index contributed by atoms with van der Waals surface area (Å²) in [6, 6.07) is 0.807. The van der Waals surface area contributed by atoms with Gasteiger partial charge in [-0.3, -0.25) is 9.69 Å². The van der Waals surface area contributed by atoms with Crippen LogP contribution in [0, 0.1) is 5.92 Å². The van der Waals surface area contributed by atoms with Crippen LogP contribution >= 0.6 is 0 Å². The van der Waals surface area contributed by atoms with Gasteiger partial charge < -0.3 is 11.1 Å². The van der Waals surface area contributed by atoms with E-state index < -0.39 is 0 Å². The molecule has 1 saturated heterocycles. The van der Waals surface area contributed by atoms with Crippen molar-refractivity contribution in [3.05, 3.63) is 0 Å². The molecule has 3 N–H and O–H groups in total. The van der Waals surface area contributed by atoms with Crippen molar-refractivity contribution in [3.8, 4) is 0 Å². The number of likely N-dealkylation sites (tertiary alicyclic amines) is 1. The molecule has 0 aromatic rings. The van der Waals surface area contributed by atoms with E-state index in [0.717, 1.165) is 32.4 Å². The molecule has 2 atom stereocenters. The summed E-state index contributed by atoms with van der Waals surface area (Å²) in [5.41, 5.74) is 5.69. The average Bonchev–Trinajstić information content (AvgIpc) is 2.67. The largest absolute Gasteiger partial charge is 0.352 e. The predicted octanol–water partition coefficient (Wildman–Crippen LogP) is 0.960. The summed E-state index contributed by atoms with van der Waals surface area (Å²) in [4.78, 5) is 14.1. The first-order valence-electron chi connectivity index (χ1n) is 6.84. The zero-order valence-corrected chi connectivity index (χ0v) is 11.4. The number of rotatable bonds is 6. The topological polar surface area (TPSA) is 58.4 Å². The second-order valence-corrected chi connectivity index (χ2v) is 5.20. The smallest absolute Gasteiger partial charge is 0.234 e. The first-order valence-corrected chi connectivity index (χ1v) is 6.84. The molecule has 0 saturated carbocycles. The van der Waals surface area contributed by atoms with E-state index in [-0.39, 0.29) is 5.91 Å². The predicted molar refractivity (Wildman–Crippen MR) is 70.7 cm³/mol. The van der Waals surface area contributed by atoms with Crippen LogP contribution in [0.5, 0.6) is 0 Å². The van der Waals surface area contributed by atoms with Crippen molar-refractivity contribution < 1.29 is 4.79 Å². The van der Waals surface area contributed by atoms with Crippen LogP contribution in [0.25, 0.3) is 0 Å². The zero-order valence-electron chi connectivity index (χ0n) is 11.4. The van der Waals surface area contributed by atoms with Crippen molar-refractivity contribution in [2.45, 2.75) is 52.1 Å². The maximum atomic E-state index is 11.9. The number of nitrogens with one attached hydrogen (secondary N) is 1. The monoisotopic (exact) mass is 241 g/mol. The van der Waals surface area contributed by atoms with E-state index in [9.17, 15) is 4.79 Å². The molecule has 2 unspecified atom stereocenters. The highest BCUT2D eigenvalue weighted by Gasteiger charge is 2.29. The molecule has 100 valence electrons. The molecule has 1 amide bonds. The number of hydrogen-bond donors (Lipinski definition) is 2. The van der Waals surface area contributed by atoms with Crippen molar-refractivity contribution in [1.29, 1.82) is 0 Å². The van der Waals surface area contributed by atoms with Crippen molar-refractivity contribution in [2.24, 2.45) is 11.7 Å². The Hall–Kier alpha value is -0.610. The molecule has 1 aliphatic rings. The van der Waals surface area contributed by atoms with Crippen molar-refractivity contribution in [2.75, 3.05) is 19.6 Å². The van der Waals surface area contributed by atoms with E-state index in [1.165, 1.54) is 0 Å². The van der Waals surface area contributed by atoms with Gasteiger partial charge in [0, 0.05) is 18.6 Å². The van der Waals surface area contributed by atoms with E-state index in [1.54, 1.807) is 0 Å². The van der Waals surface area contributed by atoms with Crippen molar-refractivity contribution >= 4 is 5.91 Å². The third-order valence-corrected chi connectivity index (χ3v) is 3.82. The summed E-state index contributed by atoms with van der Waals surface area (Å²) in [6.07, 6.45) is 3.13. The van der Waals surface area contributed by atoms with Gasteiger partial charge in [0.25, 0.3) is 0 Å². The second-order valence-electron chi connectivity index (χ2n) is 5.20. The van der Waals surface area contributed by atoms with Gasteiger partial charge in [0.1, 0.15) is 0 Å². The Morgan fingerprint density at radius 3 is 2.59 bits per heavy atom. The Morgan fingerprint density at radius 2 is 2.12 bits per heavy atom. The molecule has 0 aliphatic carbocycles. The maximum Gasteiger partial charge on any atom is 0.234 e. The van der Waals surface area contributed by atoms with Crippen LogP contribution in [0.1, 0.15) is 40.0 Å². The minimum atomic E-state index is 0.156. The molecule has 0 aromatic carbocycles. The van der Waals surface area contributed by atoms with Crippen LogP contribution < -0.4 is 11.1 Å². The highest BCUT2D eigenvalue weighted by atomic mass is 16.2. The summed E-state index contributed by atoms with van der Waals surface area (Å²) >= 11 is 0. The lowest BCUT2D eigenvalue weighted by atomic mass is 10.1. The lowest BCUT2D eigenvalue weighted by Crippen LogP contribution is -2.43. The number of nitrogens with zero attached hydrogens (tertiary/aromatic N) is 1.